The van der Waals surface area contributed by atoms with Crippen molar-refractivity contribution >= 4 is 22.8 Å². The second-order valence-corrected chi connectivity index (χ2v) is 7.30. The first-order valence-corrected chi connectivity index (χ1v) is 9.94. The van der Waals surface area contributed by atoms with Crippen LogP contribution in [0, 0.1) is 0 Å². The van der Waals surface area contributed by atoms with E-state index in [0.29, 0.717) is 16.5 Å². The topological polar surface area (TPSA) is 113 Å². The second-order valence-electron chi connectivity index (χ2n) is 7.30. The fourth-order valence-corrected chi connectivity index (χ4v) is 3.98. The Morgan fingerprint density at radius 2 is 1.62 bits per heavy atom. The summed E-state index contributed by atoms with van der Waals surface area (Å²) in [6.45, 7) is 0. The molecule has 0 spiro atoms. The van der Waals surface area contributed by atoms with Crippen LogP contribution in [-0.4, -0.2) is 30.1 Å². The van der Waals surface area contributed by atoms with Crippen molar-refractivity contribution in [1.29, 1.82) is 0 Å². The van der Waals surface area contributed by atoms with Gasteiger partial charge in [0, 0.05) is 22.7 Å². The number of carbonyl (C=O) groups excluding carboxylic acids is 1. The zero-order valence-electron chi connectivity index (χ0n) is 18.1. The Morgan fingerprint density at radius 3 is 2.21 bits per heavy atom. The maximum Gasteiger partial charge on any atom is 0.420 e. The molecule has 34 heavy (non-hydrogen) atoms. The van der Waals surface area contributed by atoms with Gasteiger partial charge < -0.3 is 20.9 Å². The number of nitrogen functional groups attached to an aromatic ring is 1. The average Bonchev–Trinajstić information content (AvgIpc) is 2.81. The van der Waals surface area contributed by atoms with Crippen LogP contribution in [0.5, 0.6) is 11.5 Å². The van der Waals surface area contributed by atoms with E-state index in [2.05, 4.69) is 9.97 Å². The number of nitrogens with zero attached hydrogens (tertiary/aromatic N) is 2. The molecule has 4 aromatic rings. The molecule has 0 bridgehead atoms. The molecule has 0 atom stereocenters. The van der Waals surface area contributed by atoms with Crippen LogP contribution in [0.25, 0.3) is 33.2 Å². The zero-order valence-corrected chi connectivity index (χ0v) is 18.1. The molecule has 0 radical (unpaired) electrons. The minimum absolute atomic E-state index is 0.0225. The van der Waals surface area contributed by atoms with Crippen molar-refractivity contribution in [3.8, 4) is 33.8 Å². The van der Waals surface area contributed by atoms with E-state index < -0.39 is 29.0 Å². The molecule has 0 saturated heterocycles. The second kappa shape index (κ2) is 8.54. The van der Waals surface area contributed by atoms with Gasteiger partial charge in [0.1, 0.15) is 22.6 Å². The lowest BCUT2D eigenvalue weighted by Crippen LogP contribution is -2.20. The molecule has 4 N–H and O–H groups in total. The summed E-state index contributed by atoms with van der Waals surface area (Å²) in [5.41, 5.74) is 10.4. The van der Waals surface area contributed by atoms with Crippen LogP contribution < -0.4 is 20.9 Å². The highest BCUT2D eigenvalue weighted by Gasteiger charge is 2.43. The predicted molar refractivity (Wildman–Crippen MR) is 121 cm³/mol. The number of benzene rings is 3. The van der Waals surface area contributed by atoms with Gasteiger partial charge in [-0.25, -0.2) is 9.97 Å². The van der Waals surface area contributed by atoms with Crippen LogP contribution in [0.2, 0.25) is 0 Å². The zero-order chi connectivity index (χ0) is 24.6. The largest absolute Gasteiger partial charge is 0.495 e. The van der Waals surface area contributed by atoms with E-state index in [9.17, 15) is 18.0 Å². The molecule has 0 unspecified atom stereocenters. The standard InChI is InChI=1S/C24H19F3N4O3/c1-33-20-17(13-8-9-15-14(10-13)11-30-23(29)31-15)16(12-6-4-3-5-7-12)19(24(25,26)27)21(34-2)18(20)22(28)32/h3-11H,1-2H3,(H2,28,32)(H2,29,30,31). The van der Waals surface area contributed by atoms with Gasteiger partial charge in [0.15, 0.2) is 0 Å². The van der Waals surface area contributed by atoms with Crippen LogP contribution in [0.4, 0.5) is 19.1 Å². The first kappa shape index (κ1) is 22.8. The molecule has 1 aromatic heterocycles. The Kier molecular flexibility index (Phi) is 5.74. The number of aromatic nitrogens is 2. The van der Waals surface area contributed by atoms with E-state index in [1.807, 2.05) is 0 Å². The highest BCUT2D eigenvalue weighted by atomic mass is 19.4. The van der Waals surface area contributed by atoms with Gasteiger partial charge in [-0.2, -0.15) is 13.2 Å². The van der Waals surface area contributed by atoms with Crippen LogP contribution in [0.3, 0.4) is 0 Å². The number of fused-ring (bicyclic) bond motifs is 1. The Bertz CT molecular complexity index is 1410. The third kappa shape index (κ3) is 3.83. The number of carbonyl (C=O) groups is 1. The van der Waals surface area contributed by atoms with Crippen molar-refractivity contribution in [2.75, 3.05) is 20.0 Å². The summed E-state index contributed by atoms with van der Waals surface area (Å²) in [5, 5.41) is 0.526. The smallest absolute Gasteiger partial charge is 0.420 e. The molecule has 3 aromatic carbocycles. The molecule has 0 aliphatic carbocycles. The van der Waals surface area contributed by atoms with Gasteiger partial charge in [-0.3, -0.25) is 4.79 Å². The normalized spacial score (nSPS) is 11.4. The lowest BCUT2D eigenvalue weighted by atomic mass is 9.85. The minimum Gasteiger partial charge on any atom is -0.495 e. The average molecular weight is 468 g/mol. The van der Waals surface area contributed by atoms with Crippen molar-refractivity contribution < 1.29 is 27.4 Å². The van der Waals surface area contributed by atoms with E-state index in [1.165, 1.54) is 25.4 Å². The summed E-state index contributed by atoms with van der Waals surface area (Å²) in [7, 11) is 2.29. The highest BCUT2D eigenvalue weighted by Crippen LogP contribution is 2.53. The monoisotopic (exact) mass is 468 g/mol. The molecule has 1 amide bonds. The van der Waals surface area contributed by atoms with Crippen molar-refractivity contribution in [2.24, 2.45) is 5.73 Å². The van der Waals surface area contributed by atoms with E-state index >= 15 is 0 Å². The number of amides is 1. The number of hydrogen-bond acceptors (Lipinski definition) is 6. The van der Waals surface area contributed by atoms with Crippen LogP contribution in [0.1, 0.15) is 15.9 Å². The van der Waals surface area contributed by atoms with Gasteiger partial charge >= 0.3 is 6.18 Å². The van der Waals surface area contributed by atoms with Crippen molar-refractivity contribution in [3.05, 3.63) is 65.9 Å². The minimum atomic E-state index is -4.89. The van der Waals surface area contributed by atoms with Crippen molar-refractivity contribution in [2.45, 2.75) is 6.18 Å². The number of primary amides is 1. The van der Waals surface area contributed by atoms with Gasteiger partial charge in [0.2, 0.25) is 5.95 Å². The van der Waals surface area contributed by atoms with E-state index in [4.69, 9.17) is 20.9 Å². The molecule has 0 aliphatic rings. The summed E-state index contributed by atoms with van der Waals surface area (Å²) < 4.78 is 54.2. The fraction of sp³-hybridized carbons (Fsp3) is 0.125. The molecule has 4 rings (SSSR count). The molecule has 7 nitrogen and oxygen atoms in total. The number of anilines is 1. The Morgan fingerprint density at radius 1 is 0.941 bits per heavy atom. The molecule has 0 saturated carbocycles. The molecular formula is C24H19F3N4O3. The summed E-state index contributed by atoms with van der Waals surface area (Å²) in [5.74, 6) is -1.93. The van der Waals surface area contributed by atoms with Gasteiger partial charge in [-0.15, -0.1) is 0 Å². The summed E-state index contributed by atoms with van der Waals surface area (Å²) in [6.07, 6.45) is -3.44. The van der Waals surface area contributed by atoms with Gasteiger partial charge in [0.25, 0.3) is 5.91 Å². The maximum atomic E-state index is 14.5. The molecule has 0 aliphatic heterocycles. The third-order valence-electron chi connectivity index (χ3n) is 5.30. The number of halogens is 3. The predicted octanol–water partition coefficient (Wildman–Crippen LogP) is 4.68. The molecule has 174 valence electrons. The van der Waals surface area contributed by atoms with Crippen LogP contribution >= 0.6 is 0 Å². The number of alkyl halides is 3. The van der Waals surface area contributed by atoms with Crippen molar-refractivity contribution in [1.82, 2.24) is 9.97 Å². The molecular weight excluding hydrogens is 449 g/mol. The summed E-state index contributed by atoms with van der Waals surface area (Å²) in [4.78, 5) is 20.5. The van der Waals surface area contributed by atoms with Crippen molar-refractivity contribution in [3.63, 3.8) is 0 Å². The first-order valence-electron chi connectivity index (χ1n) is 9.94. The Labute approximate surface area is 192 Å². The summed E-state index contributed by atoms with van der Waals surface area (Å²) in [6, 6.07) is 12.7. The molecule has 0 fully saturated rings. The number of ether oxygens (including phenoxy) is 2. The Hall–Kier alpha value is -4.34. The fourth-order valence-electron chi connectivity index (χ4n) is 3.98. The van der Waals surface area contributed by atoms with Gasteiger partial charge in [-0.05, 0) is 23.3 Å². The van der Waals surface area contributed by atoms with Crippen LogP contribution in [-0.2, 0) is 6.18 Å². The van der Waals surface area contributed by atoms with Gasteiger partial charge in [-0.1, -0.05) is 36.4 Å². The summed E-state index contributed by atoms with van der Waals surface area (Å²) >= 11 is 0. The maximum absolute atomic E-state index is 14.5. The number of hydrogen-bond donors (Lipinski definition) is 2. The third-order valence-corrected chi connectivity index (χ3v) is 5.30. The quantitative estimate of drug-likeness (QED) is 0.440. The lowest BCUT2D eigenvalue weighted by Gasteiger charge is -2.25. The van der Waals surface area contributed by atoms with Crippen LogP contribution in [0.15, 0.2) is 54.7 Å². The molecule has 1 heterocycles. The van der Waals surface area contributed by atoms with Gasteiger partial charge in [0.05, 0.1) is 19.7 Å². The number of nitrogens with two attached hydrogens (primary N) is 2. The van der Waals surface area contributed by atoms with E-state index in [-0.39, 0.29) is 28.4 Å². The molecule has 10 heteroatoms. The van der Waals surface area contributed by atoms with E-state index in [0.717, 1.165) is 7.11 Å². The number of methoxy groups -OCH3 is 2. The van der Waals surface area contributed by atoms with E-state index in [1.54, 1.807) is 36.4 Å². The highest BCUT2D eigenvalue weighted by molar-refractivity contribution is 6.06. The number of rotatable bonds is 5. The Balaban J connectivity index is 2.25. The SMILES string of the molecule is COc1c(C(N)=O)c(OC)c(C(F)(F)F)c(-c2ccccc2)c1-c1ccc2nc(N)ncc2c1. The lowest BCUT2D eigenvalue weighted by molar-refractivity contribution is -0.138. The first-order chi connectivity index (χ1) is 16.2.